The molecule has 0 unspecified atom stereocenters. The number of amides is 1. The fourth-order valence-corrected chi connectivity index (χ4v) is 1.38. The Morgan fingerprint density at radius 2 is 2.00 bits per heavy atom. The van der Waals surface area contributed by atoms with Crippen molar-refractivity contribution in [1.82, 2.24) is 5.32 Å². The van der Waals surface area contributed by atoms with Gasteiger partial charge in [0.25, 0.3) is 5.91 Å². The fraction of sp³-hybridized carbons (Fsp3) is 0.462. The topological polar surface area (TPSA) is 47.6 Å². The maximum atomic E-state index is 11.9. The maximum Gasteiger partial charge on any atom is 0.255 e. The van der Waals surface area contributed by atoms with Crippen molar-refractivity contribution in [3.8, 4) is 11.5 Å². The molecule has 0 aliphatic heterocycles. The van der Waals surface area contributed by atoms with Gasteiger partial charge in [0.15, 0.2) is 0 Å². The molecule has 1 N–H and O–H groups in total. The molecule has 0 fully saturated rings. The van der Waals surface area contributed by atoms with Crippen LogP contribution >= 0.6 is 0 Å². The molecule has 0 spiro atoms. The van der Waals surface area contributed by atoms with Crippen LogP contribution in [0, 0.1) is 5.92 Å². The number of nitrogens with one attached hydrogen (secondary N) is 1. The van der Waals surface area contributed by atoms with Crippen LogP contribution in [-0.2, 0) is 0 Å². The first-order valence-electron chi connectivity index (χ1n) is 5.58. The van der Waals surface area contributed by atoms with Crippen molar-refractivity contribution >= 4 is 5.91 Å². The summed E-state index contributed by atoms with van der Waals surface area (Å²) < 4.78 is 10.3. The minimum atomic E-state index is -0.127. The first-order valence-corrected chi connectivity index (χ1v) is 5.58. The molecule has 0 aliphatic rings. The van der Waals surface area contributed by atoms with E-state index in [1.807, 2.05) is 13.8 Å². The van der Waals surface area contributed by atoms with Crippen molar-refractivity contribution in [3.05, 3.63) is 23.8 Å². The Bertz CT molecular complexity index is 388. The van der Waals surface area contributed by atoms with Crippen molar-refractivity contribution in [2.45, 2.75) is 13.8 Å². The van der Waals surface area contributed by atoms with E-state index in [2.05, 4.69) is 5.32 Å². The minimum absolute atomic E-state index is 0.127. The van der Waals surface area contributed by atoms with E-state index in [1.165, 1.54) is 7.11 Å². The number of methoxy groups -OCH3 is 2. The van der Waals surface area contributed by atoms with Gasteiger partial charge in [-0.25, -0.2) is 0 Å². The van der Waals surface area contributed by atoms with Gasteiger partial charge in [-0.05, 0) is 18.1 Å². The second-order valence-corrected chi connectivity index (χ2v) is 4.17. The lowest BCUT2D eigenvalue weighted by Crippen LogP contribution is -2.27. The molecule has 0 radical (unpaired) electrons. The number of rotatable bonds is 5. The molecule has 1 amide bonds. The molecule has 0 bridgehead atoms. The van der Waals surface area contributed by atoms with Crippen molar-refractivity contribution in [1.29, 1.82) is 0 Å². The molecule has 4 nitrogen and oxygen atoms in total. The van der Waals surface area contributed by atoms with Gasteiger partial charge in [-0.3, -0.25) is 4.79 Å². The molecule has 94 valence electrons. The summed E-state index contributed by atoms with van der Waals surface area (Å²) in [5, 5.41) is 2.85. The largest absolute Gasteiger partial charge is 0.497 e. The van der Waals surface area contributed by atoms with Gasteiger partial charge in [-0.1, -0.05) is 13.8 Å². The van der Waals surface area contributed by atoms with Crippen LogP contribution in [0.5, 0.6) is 11.5 Å². The Balaban J connectivity index is 2.85. The van der Waals surface area contributed by atoms with Crippen molar-refractivity contribution < 1.29 is 14.3 Å². The Kier molecular flexibility index (Phi) is 4.82. The number of hydrogen-bond acceptors (Lipinski definition) is 3. The van der Waals surface area contributed by atoms with Gasteiger partial charge < -0.3 is 14.8 Å². The molecular formula is C13H19NO3. The number of benzene rings is 1. The van der Waals surface area contributed by atoms with E-state index in [1.54, 1.807) is 25.3 Å². The van der Waals surface area contributed by atoms with E-state index >= 15 is 0 Å². The van der Waals surface area contributed by atoms with Crippen LogP contribution < -0.4 is 14.8 Å². The third-order valence-corrected chi connectivity index (χ3v) is 2.32. The van der Waals surface area contributed by atoms with Crippen molar-refractivity contribution in [2.75, 3.05) is 20.8 Å². The van der Waals surface area contributed by atoms with Crippen LogP contribution in [0.1, 0.15) is 24.2 Å². The van der Waals surface area contributed by atoms with Gasteiger partial charge in [0.1, 0.15) is 11.5 Å². The first kappa shape index (κ1) is 13.4. The number of carbonyl (C=O) groups excluding carboxylic acids is 1. The van der Waals surface area contributed by atoms with E-state index in [-0.39, 0.29) is 5.91 Å². The second kappa shape index (κ2) is 6.13. The monoisotopic (exact) mass is 237 g/mol. The van der Waals surface area contributed by atoms with Crippen LogP contribution in [0.3, 0.4) is 0 Å². The average molecular weight is 237 g/mol. The van der Waals surface area contributed by atoms with Gasteiger partial charge in [0.05, 0.1) is 19.8 Å². The van der Waals surface area contributed by atoms with Gasteiger partial charge in [-0.15, -0.1) is 0 Å². The summed E-state index contributed by atoms with van der Waals surface area (Å²) in [6.07, 6.45) is 0. The highest BCUT2D eigenvalue weighted by molar-refractivity contribution is 5.97. The first-order chi connectivity index (χ1) is 8.08. The second-order valence-electron chi connectivity index (χ2n) is 4.17. The third kappa shape index (κ3) is 3.66. The van der Waals surface area contributed by atoms with E-state index in [0.717, 1.165) is 0 Å². The lowest BCUT2D eigenvalue weighted by molar-refractivity contribution is 0.0946. The smallest absolute Gasteiger partial charge is 0.255 e. The van der Waals surface area contributed by atoms with Crippen LogP contribution in [0.4, 0.5) is 0 Å². The van der Waals surface area contributed by atoms with Gasteiger partial charge in [-0.2, -0.15) is 0 Å². The molecular weight excluding hydrogens is 218 g/mol. The third-order valence-electron chi connectivity index (χ3n) is 2.32. The molecule has 1 aromatic carbocycles. The molecule has 0 saturated heterocycles. The van der Waals surface area contributed by atoms with Gasteiger partial charge in [0, 0.05) is 12.6 Å². The van der Waals surface area contributed by atoms with E-state index in [4.69, 9.17) is 9.47 Å². The Hall–Kier alpha value is -1.71. The highest BCUT2D eigenvalue weighted by Crippen LogP contribution is 2.24. The molecule has 4 heteroatoms. The number of carbonyl (C=O) groups is 1. The highest BCUT2D eigenvalue weighted by Gasteiger charge is 2.13. The lowest BCUT2D eigenvalue weighted by atomic mass is 10.1. The van der Waals surface area contributed by atoms with Crippen LogP contribution in [0.15, 0.2) is 18.2 Å². The quantitative estimate of drug-likeness (QED) is 0.853. The van der Waals surface area contributed by atoms with E-state index in [9.17, 15) is 4.79 Å². The maximum absolute atomic E-state index is 11.9. The molecule has 0 saturated carbocycles. The zero-order chi connectivity index (χ0) is 12.8. The molecule has 17 heavy (non-hydrogen) atoms. The van der Waals surface area contributed by atoms with Gasteiger partial charge in [0.2, 0.25) is 0 Å². The Labute approximate surface area is 102 Å². The summed E-state index contributed by atoms with van der Waals surface area (Å²) in [4.78, 5) is 11.9. The molecule has 0 aliphatic carbocycles. The molecule has 0 aromatic heterocycles. The molecule has 0 heterocycles. The zero-order valence-electron chi connectivity index (χ0n) is 10.7. The van der Waals surface area contributed by atoms with E-state index in [0.29, 0.717) is 29.5 Å². The summed E-state index contributed by atoms with van der Waals surface area (Å²) in [5.74, 6) is 1.48. The zero-order valence-corrected chi connectivity index (χ0v) is 10.7. The van der Waals surface area contributed by atoms with Gasteiger partial charge >= 0.3 is 0 Å². The minimum Gasteiger partial charge on any atom is -0.497 e. The average Bonchev–Trinajstić information content (AvgIpc) is 2.34. The van der Waals surface area contributed by atoms with Crippen molar-refractivity contribution in [3.63, 3.8) is 0 Å². The van der Waals surface area contributed by atoms with E-state index < -0.39 is 0 Å². The predicted molar refractivity (Wildman–Crippen MR) is 66.7 cm³/mol. The fourth-order valence-electron chi connectivity index (χ4n) is 1.38. The summed E-state index contributed by atoms with van der Waals surface area (Å²) in [7, 11) is 3.11. The summed E-state index contributed by atoms with van der Waals surface area (Å²) in [6.45, 7) is 4.74. The Morgan fingerprint density at radius 1 is 1.29 bits per heavy atom. The predicted octanol–water partition coefficient (Wildman–Crippen LogP) is 2.09. The highest BCUT2D eigenvalue weighted by atomic mass is 16.5. The lowest BCUT2D eigenvalue weighted by Gasteiger charge is -2.11. The van der Waals surface area contributed by atoms with Crippen LogP contribution in [0.2, 0.25) is 0 Å². The molecule has 1 rings (SSSR count). The summed E-state index contributed by atoms with van der Waals surface area (Å²) in [6, 6.07) is 5.14. The van der Waals surface area contributed by atoms with Crippen LogP contribution in [-0.4, -0.2) is 26.7 Å². The SMILES string of the molecule is COc1ccc(C(=O)NCC(C)C)c(OC)c1. The number of ether oxygens (including phenoxy) is 2. The van der Waals surface area contributed by atoms with Crippen LogP contribution in [0.25, 0.3) is 0 Å². The van der Waals surface area contributed by atoms with Crippen molar-refractivity contribution in [2.24, 2.45) is 5.92 Å². The summed E-state index contributed by atoms with van der Waals surface area (Å²) >= 11 is 0. The Morgan fingerprint density at radius 3 is 2.53 bits per heavy atom. The normalized spacial score (nSPS) is 10.2. The number of hydrogen-bond donors (Lipinski definition) is 1. The molecule has 1 aromatic rings. The molecule has 0 atom stereocenters. The summed E-state index contributed by atoms with van der Waals surface area (Å²) in [5.41, 5.74) is 0.522. The standard InChI is InChI=1S/C13H19NO3/c1-9(2)8-14-13(15)11-6-5-10(16-3)7-12(11)17-4/h5-7,9H,8H2,1-4H3,(H,14,15).